The van der Waals surface area contributed by atoms with Crippen molar-refractivity contribution in [3.05, 3.63) is 60.2 Å². The normalized spacial score (nSPS) is 11.1. The Morgan fingerprint density at radius 2 is 1.96 bits per heavy atom. The number of hydrogen-bond donors (Lipinski definition) is 4. The van der Waals surface area contributed by atoms with E-state index in [1.807, 2.05) is 24.3 Å². The SMILES string of the molecule is CO.O=C(O)[C@H](Cc1cnc[nH]1)N=Cc1c(O)ccc2ccccc12.[O]=[V]. The van der Waals surface area contributed by atoms with E-state index in [2.05, 4.69) is 15.0 Å². The summed E-state index contributed by atoms with van der Waals surface area (Å²) in [7, 11) is 1.00. The van der Waals surface area contributed by atoms with E-state index in [0.29, 0.717) is 11.3 Å². The Morgan fingerprint density at radius 3 is 2.59 bits per heavy atom. The third kappa shape index (κ3) is 6.14. The summed E-state index contributed by atoms with van der Waals surface area (Å²) in [6.45, 7) is 0. The molecule has 3 aromatic rings. The van der Waals surface area contributed by atoms with E-state index in [1.54, 1.807) is 18.3 Å². The molecule has 0 fully saturated rings. The molecule has 0 saturated carbocycles. The van der Waals surface area contributed by atoms with Gasteiger partial charge < -0.3 is 20.3 Å². The molecule has 0 aliphatic rings. The Bertz CT molecular complexity index is 884. The second kappa shape index (κ2) is 11.7. The maximum atomic E-state index is 11.4. The van der Waals surface area contributed by atoms with Gasteiger partial charge in [-0.05, 0) is 16.8 Å². The first kappa shape index (κ1) is 22.2. The Hall–Kier alpha value is -2.81. The Balaban J connectivity index is 0.000000855. The van der Waals surface area contributed by atoms with Crippen molar-refractivity contribution in [1.29, 1.82) is 0 Å². The van der Waals surface area contributed by atoms with Crippen LogP contribution >= 0.6 is 0 Å². The van der Waals surface area contributed by atoms with Crippen LogP contribution in [0.4, 0.5) is 0 Å². The zero-order valence-electron chi connectivity index (χ0n) is 14.5. The molecular weight excluding hydrogens is 389 g/mol. The number of hydrogen-bond acceptors (Lipinski definition) is 6. The van der Waals surface area contributed by atoms with Crippen LogP contribution in [-0.2, 0) is 32.3 Å². The molecule has 3 rings (SSSR count). The number of nitrogens with zero attached hydrogens (tertiary/aromatic N) is 2. The van der Waals surface area contributed by atoms with Crippen LogP contribution in [0.3, 0.4) is 0 Å². The summed E-state index contributed by atoms with van der Waals surface area (Å²) in [5, 5.41) is 28.2. The molecule has 2 aromatic carbocycles. The number of H-pyrrole nitrogens is 1. The number of aliphatic imine (C=N–C) groups is 1. The molecule has 0 aliphatic heterocycles. The van der Waals surface area contributed by atoms with Crippen LogP contribution in [-0.4, -0.2) is 50.6 Å². The van der Waals surface area contributed by atoms with Gasteiger partial charge in [0.25, 0.3) is 0 Å². The van der Waals surface area contributed by atoms with E-state index in [1.165, 1.54) is 12.5 Å². The zero-order valence-corrected chi connectivity index (χ0v) is 15.9. The number of carboxylic acids is 1. The van der Waals surface area contributed by atoms with Crippen molar-refractivity contribution in [2.75, 3.05) is 7.11 Å². The molecule has 0 saturated heterocycles. The Kier molecular flexibility index (Phi) is 9.67. The van der Waals surface area contributed by atoms with Crippen molar-refractivity contribution in [3.63, 3.8) is 0 Å². The van der Waals surface area contributed by atoms with Gasteiger partial charge in [-0.25, -0.2) is 9.78 Å². The number of aliphatic carboxylic acids is 1. The standard InChI is InChI=1S/C17H15N3O3.CH4O.O.V/c21-16-6-5-11-3-1-2-4-13(11)14(16)9-19-15(17(22)23)7-12-8-18-10-20-12;1-2;;/h1-6,8-10,15,21H,7H2,(H,18,20)(H,22,23);2H,1H3;;/t15-;;;/m0.../s1. The predicted molar refractivity (Wildman–Crippen MR) is 95.8 cm³/mol. The van der Waals surface area contributed by atoms with Crippen molar-refractivity contribution in [1.82, 2.24) is 9.97 Å². The number of aliphatic hydroxyl groups excluding tert-OH is 1. The number of carbonyl (C=O) groups is 1. The first-order valence-corrected chi connectivity index (χ1v) is 8.29. The van der Waals surface area contributed by atoms with E-state index < -0.39 is 12.0 Å². The molecule has 0 spiro atoms. The van der Waals surface area contributed by atoms with Crippen LogP contribution in [0.2, 0.25) is 0 Å². The molecule has 1 atom stereocenters. The molecule has 4 N–H and O–H groups in total. The van der Waals surface area contributed by atoms with Gasteiger partial charge in [-0.15, -0.1) is 0 Å². The zero-order chi connectivity index (χ0) is 20.2. The predicted octanol–water partition coefficient (Wildman–Crippen LogP) is 1.87. The fourth-order valence-electron chi connectivity index (χ4n) is 2.39. The second-order valence-corrected chi connectivity index (χ2v) is 5.13. The Morgan fingerprint density at radius 1 is 1.26 bits per heavy atom. The molecule has 0 unspecified atom stereocenters. The molecule has 0 bridgehead atoms. The van der Waals surface area contributed by atoms with Crippen LogP contribution < -0.4 is 0 Å². The monoisotopic (exact) mass is 408 g/mol. The summed E-state index contributed by atoms with van der Waals surface area (Å²) in [5.41, 5.74) is 1.20. The van der Waals surface area contributed by atoms with Crippen LogP contribution in [0.5, 0.6) is 5.75 Å². The molecular formula is C18H19N3O5V. The average Bonchev–Trinajstić information content (AvgIpc) is 3.22. The fraction of sp³-hybridized carbons (Fsp3) is 0.167. The van der Waals surface area contributed by atoms with Crippen molar-refractivity contribution in [2.24, 2.45) is 4.99 Å². The Labute approximate surface area is 164 Å². The number of fused-ring (bicyclic) bond motifs is 1. The number of aromatic hydroxyl groups is 1. The van der Waals surface area contributed by atoms with Gasteiger partial charge in [0.2, 0.25) is 0 Å². The number of rotatable bonds is 5. The average molecular weight is 408 g/mol. The van der Waals surface area contributed by atoms with Crippen molar-refractivity contribution in [2.45, 2.75) is 12.5 Å². The molecule has 141 valence electrons. The van der Waals surface area contributed by atoms with E-state index in [-0.39, 0.29) is 12.2 Å². The van der Waals surface area contributed by atoms with Crippen LogP contribution in [0, 0.1) is 0 Å². The fourth-order valence-corrected chi connectivity index (χ4v) is 2.39. The third-order valence-electron chi connectivity index (χ3n) is 3.58. The number of benzene rings is 2. The molecule has 27 heavy (non-hydrogen) atoms. The van der Waals surface area contributed by atoms with Crippen molar-refractivity contribution in [3.8, 4) is 5.75 Å². The number of aromatic amines is 1. The van der Waals surface area contributed by atoms with Gasteiger partial charge in [-0.2, -0.15) is 0 Å². The number of phenols is 1. The van der Waals surface area contributed by atoms with Crippen molar-refractivity contribution < 1.29 is 41.2 Å². The summed E-state index contributed by atoms with van der Waals surface area (Å²) in [6, 6.07) is 9.98. The van der Waals surface area contributed by atoms with Gasteiger partial charge in [0, 0.05) is 37.2 Å². The van der Waals surface area contributed by atoms with Crippen LogP contribution in [0.25, 0.3) is 10.8 Å². The number of imidazole rings is 1. The van der Waals surface area contributed by atoms with Gasteiger partial charge >= 0.3 is 27.0 Å². The maximum absolute atomic E-state index is 11.4. The van der Waals surface area contributed by atoms with Gasteiger partial charge in [0.1, 0.15) is 5.75 Å². The molecule has 8 nitrogen and oxygen atoms in total. The summed E-state index contributed by atoms with van der Waals surface area (Å²) in [5.74, 6) is -0.964. The molecule has 0 radical (unpaired) electrons. The summed E-state index contributed by atoms with van der Waals surface area (Å²) in [6.07, 6.45) is 4.69. The molecule has 0 amide bonds. The number of phenolic OH excluding ortho intramolecular Hbond substituents is 1. The van der Waals surface area contributed by atoms with Crippen LogP contribution in [0.15, 0.2) is 53.9 Å². The molecule has 1 aromatic heterocycles. The first-order valence-electron chi connectivity index (χ1n) is 7.72. The number of aromatic nitrogens is 2. The van der Waals surface area contributed by atoms with Gasteiger partial charge in [0.05, 0.1) is 6.33 Å². The minimum absolute atomic E-state index is 0.0677. The molecule has 9 heteroatoms. The number of nitrogens with one attached hydrogen (secondary N) is 1. The quantitative estimate of drug-likeness (QED) is 0.476. The summed E-state index contributed by atoms with van der Waals surface area (Å²) < 4.78 is 8.19. The minimum atomic E-state index is -1.03. The van der Waals surface area contributed by atoms with E-state index in [0.717, 1.165) is 35.3 Å². The van der Waals surface area contributed by atoms with Gasteiger partial charge in [-0.3, -0.25) is 4.99 Å². The molecule has 0 aliphatic carbocycles. The number of carboxylic acid groups (broad SMARTS) is 1. The topological polar surface area (TPSA) is 136 Å². The first-order chi connectivity index (χ1) is 13.1. The van der Waals surface area contributed by atoms with E-state index in [9.17, 15) is 15.0 Å². The van der Waals surface area contributed by atoms with E-state index in [4.69, 9.17) is 8.78 Å². The van der Waals surface area contributed by atoms with Crippen LogP contribution in [0.1, 0.15) is 11.3 Å². The molecule has 1 heterocycles. The van der Waals surface area contributed by atoms with Gasteiger partial charge in [-0.1, -0.05) is 30.3 Å². The second-order valence-electron chi connectivity index (χ2n) is 5.13. The van der Waals surface area contributed by atoms with Gasteiger partial charge in [0.15, 0.2) is 6.04 Å². The third-order valence-corrected chi connectivity index (χ3v) is 3.58. The number of aliphatic hydroxyl groups is 1. The summed E-state index contributed by atoms with van der Waals surface area (Å²) >= 11 is 1.06. The van der Waals surface area contributed by atoms with E-state index >= 15 is 0 Å². The van der Waals surface area contributed by atoms with Crippen molar-refractivity contribution >= 4 is 23.0 Å². The summed E-state index contributed by atoms with van der Waals surface area (Å²) in [4.78, 5) is 22.3.